The third kappa shape index (κ3) is 4.13. The SMILES string of the molecule is Cn1nc(C2CCN(C(=O)CCSc3ccccc3)CC2)n(C2CC2)c1=O. The Bertz CT molecular complexity index is 849. The van der Waals surface area contributed by atoms with E-state index in [1.54, 1.807) is 18.8 Å². The normalized spacial score (nSPS) is 18.0. The van der Waals surface area contributed by atoms with E-state index in [1.807, 2.05) is 27.7 Å². The summed E-state index contributed by atoms with van der Waals surface area (Å²) in [4.78, 5) is 28.0. The molecule has 1 saturated heterocycles. The van der Waals surface area contributed by atoms with Crippen molar-refractivity contribution in [1.82, 2.24) is 19.2 Å². The van der Waals surface area contributed by atoms with E-state index in [0.29, 0.717) is 12.5 Å². The van der Waals surface area contributed by atoms with Gasteiger partial charge in [-0.15, -0.1) is 11.8 Å². The molecule has 1 aliphatic carbocycles. The molecule has 7 heteroatoms. The number of thioether (sulfide) groups is 1. The van der Waals surface area contributed by atoms with Crippen molar-refractivity contribution in [2.75, 3.05) is 18.8 Å². The zero-order valence-electron chi connectivity index (χ0n) is 15.7. The molecule has 1 aromatic heterocycles. The average molecular weight is 387 g/mol. The van der Waals surface area contributed by atoms with Crippen LogP contribution in [0.2, 0.25) is 0 Å². The molecule has 0 spiro atoms. The molecule has 2 aromatic rings. The molecule has 0 atom stereocenters. The molecule has 2 fully saturated rings. The fourth-order valence-corrected chi connectivity index (χ4v) is 4.63. The van der Waals surface area contributed by atoms with Gasteiger partial charge in [0.2, 0.25) is 5.91 Å². The van der Waals surface area contributed by atoms with Gasteiger partial charge in [-0.05, 0) is 37.8 Å². The number of piperidine rings is 1. The van der Waals surface area contributed by atoms with Crippen molar-refractivity contribution in [1.29, 1.82) is 0 Å². The fourth-order valence-electron chi connectivity index (χ4n) is 3.77. The van der Waals surface area contributed by atoms with Crippen LogP contribution in [0.4, 0.5) is 0 Å². The maximum atomic E-state index is 12.5. The minimum atomic E-state index is 0.00365. The van der Waals surface area contributed by atoms with E-state index in [4.69, 9.17) is 0 Å². The minimum Gasteiger partial charge on any atom is -0.343 e. The molecule has 0 N–H and O–H groups in total. The molecule has 4 rings (SSSR count). The van der Waals surface area contributed by atoms with Gasteiger partial charge in [-0.1, -0.05) is 18.2 Å². The summed E-state index contributed by atoms with van der Waals surface area (Å²) in [5.74, 6) is 2.25. The second-order valence-corrected chi connectivity index (χ2v) is 8.60. The van der Waals surface area contributed by atoms with E-state index in [2.05, 4.69) is 17.2 Å². The standard InChI is InChI=1S/C20H26N4O2S/c1-22-20(26)24(16-7-8-16)19(21-22)15-9-12-23(13-10-15)18(25)11-14-27-17-5-3-2-4-6-17/h2-6,15-16H,7-14H2,1H3. The van der Waals surface area contributed by atoms with Crippen molar-refractivity contribution in [2.45, 2.75) is 49.0 Å². The van der Waals surface area contributed by atoms with Gasteiger partial charge in [0.05, 0.1) is 0 Å². The van der Waals surface area contributed by atoms with Crippen molar-refractivity contribution in [3.8, 4) is 0 Å². The van der Waals surface area contributed by atoms with E-state index in [1.165, 1.54) is 9.58 Å². The summed E-state index contributed by atoms with van der Waals surface area (Å²) in [5, 5.41) is 4.51. The molecule has 0 unspecified atom stereocenters. The molecule has 1 saturated carbocycles. The number of nitrogens with zero attached hydrogens (tertiary/aromatic N) is 4. The van der Waals surface area contributed by atoms with Gasteiger partial charge in [-0.2, -0.15) is 5.10 Å². The zero-order valence-corrected chi connectivity index (χ0v) is 16.5. The van der Waals surface area contributed by atoms with Crippen LogP contribution in [0.5, 0.6) is 0 Å². The number of aromatic nitrogens is 3. The van der Waals surface area contributed by atoms with Crippen molar-refractivity contribution < 1.29 is 4.79 Å². The van der Waals surface area contributed by atoms with E-state index in [-0.39, 0.29) is 17.5 Å². The van der Waals surface area contributed by atoms with Gasteiger partial charge >= 0.3 is 5.69 Å². The maximum absolute atomic E-state index is 12.5. The Morgan fingerprint density at radius 2 is 1.85 bits per heavy atom. The number of hydrogen-bond acceptors (Lipinski definition) is 4. The summed E-state index contributed by atoms with van der Waals surface area (Å²) < 4.78 is 3.37. The van der Waals surface area contributed by atoms with Crippen molar-refractivity contribution in [2.24, 2.45) is 7.05 Å². The van der Waals surface area contributed by atoms with Crippen LogP contribution in [-0.2, 0) is 11.8 Å². The number of hydrogen-bond donors (Lipinski definition) is 0. The Kier molecular flexibility index (Phi) is 5.38. The van der Waals surface area contributed by atoms with Gasteiger partial charge in [0.15, 0.2) is 0 Å². The summed E-state index contributed by atoms with van der Waals surface area (Å²) >= 11 is 1.73. The number of carbonyl (C=O) groups is 1. The number of aryl methyl sites for hydroxylation is 1. The largest absolute Gasteiger partial charge is 0.345 e. The van der Waals surface area contributed by atoms with Crippen LogP contribution in [0.1, 0.15) is 49.9 Å². The number of carbonyl (C=O) groups excluding carboxylic acids is 1. The predicted octanol–water partition coefficient (Wildman–Crippen LogP) is 2.81. The Hall–Kier alpha value is -2.02. The van der Waals surface area contributed by atoms with Crippen molar-refractivity contribution in [3.63, 3.8) is 0 Å². The highest BCUT2D eigenvalue weighted by Crippen LogP contribution is 2.37. The Labute approximate surface area is 163 Å². The lowest BCUT2D eigenvalue weighted by Gasteiger charge is -2.31. The molecule has 6 nitrogen and oxygen atoms in total. The second kappa shape index (κ2) is 7.92. The number of rotatable bonds is 6. The molecule has 1 aromatic carbocycles. The summed E-state index contributed by atoms with van der Waals surface area (Å²) in [6.07, 6.45) is 4.51. The van der Waals surface area contributed by atoms with Gasteiger partial charge in [0, 0.05) is 49.2 Å². The first-order valence-corrected chi connectivity index (χ1v) is 10.7. The average Bonchev–Trinajstić information content (AvgIpc) is 3.48. The van der Waals surface area contributed by atoms with E-state index < -0.39 is 0 Å². The maximum Gasteiger partial charge on any atom is 0.345 e. The van der Waals surface area contributed by atoms with Gasteiger partial charge in [0.25, 0.3) is 0 Å². The Morgan fingerprint density at radius 1 is 1.15 bits per heavy atom. The van der Waals surface area contributed by atoms with Crippen molar-refractivity contribution in [3.05, 3.63) is 46.6 Å². The molecule has 0 radical (unpaired) electrons. The molecule has 27 heavy (non-hydrogen) atoms. The number of amides is 1. The molecule has 1 aliphatic heterocycles. The van der Waals surface area contributed by atoms with E-state index >= 15 is 0 Å². The second-order valence-electron chi connectivity index (χ2n) is 7.43. The molecular weight excluding hydrogens is 360 g/mol. The summed E-state index contributed by atoms with van der Waals surface area (Å²) in [6.45, 7) is 1.52. The molecule has 2 aliphatic rings. The summed E-state index contributed by atoms with van der Waals surface area (Å²) in [5.41, 5.74) is 0.00365. The van der Waals surface area contributed by atoms with Gasteiger partial charge in [0.1, 0.15) is 5.82 Å². The Balaban J connectivity index is 1.29. The lowest BCUT2D eigenvalue weighted by molar-refractivity contribution is -0.131. The lowest BCUT2D eigenvalue weighted by Crippen LogP contribution is -2.38. The first-order valence-electron chi connectivity index (χ1n) is 9.74. The third-order valence-electron chi connectivity index (χ3n) is 5.43. The van der Waals surface area contributed by atoms with Crippen LogP contribution >= 0.6 is 11.8 Å². The zero-order chi connectivity index (χ0) is 18.8. The first-order chi connectivity index (χ1) is 13.1. The number of benzene rings is 1. The summed E-state index contributed by atoms with van der Waals surface area (Å²) in [6, 6.07) is 10.5. The van der Waals surface area contributed by atoms with Crippen LogP contribution in [0.3, 0.4) is 0 Å². The van der Waals surface area contributed by atoms with Crippen LogP contribution in [0.15, 0.2) is 40.0 Å². The van der Waals surface area contributed by atoms with Crippen LogP contribution in [0, 0.1) is 0 Å². The summed E-state index contributed by atoms with van der Waals surface area (Å²) in [7, 11) is 1.73. The van der Waals surface area contributed by atoms with Gasteiger partial charge < -0.3 is 4.90 Å². The minimum absolute atomic E-state index is 0.00365. The molecule has 1 amide bonds. The highest BCUT2D eigenvalue weighted by atomic mass is 32.2. The van der Waals surface area contributed by atoms with E-state index in [9.17, 15) is 9.59 Å². The van der Waals surface area contributed by atoms with Crippen molar-refractivity contribution >= 4 is 17.7 Å². The third-order valence-corrected chi connectivity index (χ3v) is 6.45. The molecule has 0 bridgehead atoms. The van der Waals surface area contributed by atoms with Crippen LogP contribution < -0.4 is 5.69 Å². The Morgan fingerprint density at radius 3 is 2.52 bits per heavy atom. The number of likely N-dealkylation sites (tertiary alicyclic amines) is 1. The monoisotopic (exact) mass is 386 g/mol. The van der Waals surface area contributed by atoms with E-state index in [0.717, 1.165) is 50.4 Å². The first kappa shape index (κ1) is 18.3. The van der Waals surface area contributed by atoms with Gasteiger partial charge in [-0.25, -0.2) is 9.48 Å². The van der Waals surface area contributed by atoms with Crippen LogP contribution in [-0.4, -0.2) is 44.0 Å². The smallest absolute Gasteiger partial charge is 0.343 e. The fraction of sp³-hybridized carbons (Fsp3) is 0.550. The topological polar surface area (TPSA) is 60.1 Å². The molecule has 144 valence electrons. The highest BCUT2D eigenvalue weighted by molar-refractivity contribution is 7.99. The predicted molar refractivity (Wildman–Crippen MR) is 106 cm³/mol. The van der Waals surface area contributed by atoms with Gasteiger partial charge in [-0.3, -0.25) is 9.36 Å². The molecular formula is C20H26N4O2S. The lowest BCUT2D eigenvalue weighted by atomic mass is 9.95. The highest BCUT2D eigenvalue weighted by Gasteiger charge is 2.34. The quantitative estimate of drug-likeness (QED) is 0.717. The molecule has 2 heterocycles. The van der Waals surface area contributed by atoms with Crippen LogP contribution in [0.25, 0.3) is 0 Å².